The van der Waals surface area contributed by atoms with Crippen molar-refractivity contribution in [2.24, 2.45) is 0 Å². The van der Waals surface area contributed by atoms with E-state index in [1.54, 1.807) is 17.8 Å². The third kappa shape index (κ3) is 4.66. The molecule has 5 nitrogen and oxygen atoms in total. The predicted octanol–water partition coefficient (Wildman–Crippen LogP) is 1.78. The minimum absolute atomic E-state index is 0.382. The van der Waals surface area contributed by atoms with E-state index in [2.05, 4.69) is 26.2 Å². The number of carboxylic acids is 1. The topological polar surface area (TPSA) is 79.3 Å². The van der Waals surface area contributed by atoms with Crippen molar-refractivity contribution in [2.75, 3.05) is 12.0 Å². The highest BCUT2D eigenvalue weighted by Crippen LogP contribution is 2.09. The van der Waals surface area contributed by atoms with E-state index in [-0.39, 0.29) is 0 Å². The first-order valence-electron chi connectivity index (χ1n) is 5.18. The molecule has 2 N–H and O–H groups in total. The molecule has 1 atom stereocenters. The summed E-state index contributed by atoms with van der Waals surface area (Å²) in [5, 5.41) is 11.5. The summed E-state index contributed by atoms with van der Waals surface area (Å²) in [6.07, 6.45) is 3.77. The molecule has 18 heavy (non-hydrogen) atoms. The van der Waals surface area contributed by atoms with Crippen molar-refractivity contribution in [3.05, 3.63) is 28.5 Å². The normalized spacial score (nSPS) is 11.9. The van der Waals surface area contributed by atoms with Crippen LogP contribution in [0, 0.1) is 0 Å². The minimum atomic E-state index is -1.02. The van der Waals surface area contributed by atoms with E-state index in [4.69, 9.17) is 5.11 Å². The number of aromatic nitrogens is 1. The van der Waals surface area contributed by atoms with Crippen molar-refractivity contribution in [2.45, 2.75) is 12.5 Å². The minimum Gasteiger partial charge on any atom is -0.480 e. The van der Waals surface area contributed by atoms with Gasteiger partial charge in [0.15, 0.2) is 0 Å². The molecule has 0 aromatic carbocycles. The van der Waals surface area contributed by atoms with Crippen LogP contribution in [0.15, 0.2) is 22.9 Å². The van der Waals surface area contributed by atoms with Crippen molar-refractivity contribution in [1.82, 2.24) is 10.3 Å². The van der Waals surface area contributed by atoms with Gasteiger partial charge in [-0.3, -0.25) is 4.79 Å². The lowest BCUT2D eigenvalue weighted by Gasteiger charge is -2.13. The summed E-state index contributed by atoms with van der Waals surface area (Å²) in [4.78, 5) is 26.7. The van der Waals surface area contributed by atoms with E-state index in [1.165, 1.54) is 12.3 Å². The standard InChI is InChI=1S/C11H13BrN2O3S/c1-18-5-3-8(11(16)17)14-10(15)7-2-4-13-9(12)6-7/h2,4,6,8H,3,5H2,1H3,(H,14,15)(H,16,17)/t8-/m1/s1. The van der Waals surface area contributed by atoms with Crippen LogP contribution >= 0.6 is 27.7 Å². The van der Waals surface area contributed by atoms with Gasteiger partial charge in [0, 0.05) is 11.8 Å². The number of carbonyl (C=O) groups excluding carboxylic acids is 1. The van der Waals surface area contributed by atoms with Gasteiger partial charge in [0.25, 0.3) is 5.91 Å². The molecule has 1 aromatic rings. The lowest BCUT2D eigenvalue weighted by atomic mass is 10.2. The van der Waals surface area contributed by atoms with E-state index in [0.29, 0.717) is 22.3 Å². The van der Waals surface area contributed by atoms with Gasteiger partial charge in [-0.15, -0.1) is 0 Å². The Bertz CT molecular complexity index is 442. The molecule has 0 unspecified atom stereocenters. The quantitative estimate of drug-likeness (QED) is 0.776. The zero-order chi connectivity index (χ0) is 13.5. The van der Waals surface area contributed by atoms with Crippen LogP contribution in [0.2, 0.25) is 0 Å². The van der Waals surface area contributed by atoms with Gasteiger partial charge in [0.05, 0.1) is 0 Å². The lowest BCUT2D eigenvalue weighted by Crippen LogP contribution is -2.41. The summed E-state index contributed by atoms with van der Waals surface area (Å²) in [7, 11) is 0. The zero-order valence-electron chi connectivity index (χ0n) is 9.72. The average Bonchev–Trinajstić information content (AvgIpc) is 2.33. The Labute approximate surface area is 117 Å². The molecule has 0 spiro atoms. The highest BCUT2D eigenvalue weighted by Gasteiger charge is 2.20. The highest BCUT2D eigenvalue weighted by atomic mass is 79.9. The molecule has 1 rings (SSSR count). The van der Waals surface area contributed by atoms with Crippen LogP contribution in [0.5, 0.6) is 0 Å². The first-order chi connectivity index (χ1) is 8.54. The molecule has 1 amide bonds. The molecule has 1 heterocycles. The molecule has 98 valence electrons. The summed E-state index contributed by atoms with van der Waals surface area (Å²) >= 11 is 4.70. The first kappa shape index (κ1) is 15.0. The SMILES string of the molecule is CSCC[C@@H](NC(=O)c1ccnc(Br)c1)C(=O)O. The Kier molecular flexibility index (Phi) is 6.14. The molecule has 0 aliphatic carbocycles. The van der Waals surface area contributed by atoms with Gasteiger partial charge in [0.1, 0.15) is 10.6 Å². The number of carboxylic acid groups (broad SMARTS) is 1. The molecule has 7 heteroatoms. The fraction of sp³-hybridized carbons (Fsp3) is 0.364. The molecule has 0 bridgehead atoms. The fourth-order valence-electron chi connectivity index (χ4n) is 1.28. The summed E-state index contributed by atoms with van der Waals surface area (Å²) in [5.74, 6) is -0.755. The molecular formula is C11H13BrN2O3S. The van der Waals surface area contributed by atoms with Crippen LogP contribution in [-0.4, -0.2) is 40.0 Å². The molecule has 0 aliphatic rings. The van der Waals surface area contributed by atoms with Crippen molar-refractivity contribution >= 4 is 39.6 Å². The Morgan fingerprint density at radius 3 is 2.89 bits per heavy atom. The van der Waals surface area contributed by atoms with Gasteiger partial charge < -0.3 is 10.4 Å². The number of pyridine rings is 1. The van der Waals surface area contributed by atoms with Crippen LogP contribution in [0.3, 0.4) is 0 Å². The zero-order valence-corrected chi connectivity index (χ0v) is 12.1. The maximum atomic E-state index is 11.8. The van der Waals surface area contributed by atoms with E-state index in [1.807, 2.05) is 6.26 Å². The van der Waals surface area contributed by atoms with E-state index < -0.39 is 17.9 Å². The number of hydrogen-bond acceptors (Lipinski definition) is 4. The van der Waals surface area contributed by atoms with Gasteiger partial charge in [0.2, 0.25) is 0 Å². The predicted molar refractivity (Wildman–Crippen MR) is 73.8 cm³/mol. The molecule has 0 saturated carbocycles. The fourth-order valence-corrected chi connectivity index (χ4v) is 2.11. The van der Waals surface area contributed by atoms with Crippen molar-refractivity contribution < 1.29 is 14.7 Å². The van der Waals surface area contributed by atoms with E-state index >= 15 is 0 Å². The Hall–Kier alpha value is -1.08. The maximum absolute atomic E-state index is 11.8. The third-order valence-corrected chi connectivity index (χ3v) is 3.28. The monoisotopic (exact) mass is 332 g/mol. The molecule has 1 aromatic heterocycles. The van der Waals surface area contributed by atoms with E-state index in [0.717, 1.165) is 0 Å². The lowest BCUT2D eigenvalue weighted by molar-refractivity contribution is -0.139. The third-order valence-electron chi connectivity index (χ3n) is 2.20. The first-order valence-corrected chi connectivity index (χ1v) is 7.37. The second kappa shape index (κ2) is 7.38. The number of thioether (sulfide) groups is 1. The van der Waals surface area contributed by atoms with Crippen molar-refractivity contribution in [1.29, 1.82) is 0 Å². The molecule has 0 aliphatic heterocycles. The Morgan fingerprint density at radius 2 is 2.33 bits per heavy atom. The van der Waals surface area contributed by atoms with Gasteiger partial charge >= 0.3 is 5.97 Å². The second-order valence-electron chi connectivity index (χ2n) is 3.51. The smallest absolute Gasteiger partial charge is 0.326 e. The van der Waals surface area contributed by atoms with Crippen LogP contribution in [0.4, 0.5) is 0 Å². The summed E-state index contributed by atoms with van der Waals surface area (Å²) < 4.78 is 0.533. The van der Waals surface area contributed by atoms with Crippen molar-refractivity contribution in [3.8, 4) is 0 Å². The number of nitrogens with one attached hydrogen (secondary N) is 1. The Morgan fingerprint density at radius 1 is 1.61 bits per heavy atom. The van der Waals surface area contributed by atoms with Crippen LogP contribution < -0.4 is 5.32 Å². The van der Waals surface area contributed by atoms with Crippen molar-refractivity contribution in [3.63, 3.8) is 0 Å². The van der Waals surface area contributed by atoms with Crippen LogP contribution in [-0.2, 0) is 4.79 Å². The number of hydrogen-bond donors (Lipinski definition) is 2. The maximum Gasteiger partial charge on any atom is 0.326 e. The molecular weight excluding hydrogens is 320 g/mol. The highest BCUT2D eigenvalue weighted by molar-refractivity contribution is 9.10. The molecule has 0 radical (unpaired) electrons. The number of nitrogens with zero attached hydrogens (tertiary/aromatic N) is 1. The molecule has 0 fully saturated rings. The van der Waals surface area contributed by atoms with Crippen LogP contribution in [0.25, 0.3) is 0 Å². The number of halogens is 1. The number of aliphatic carboxylic acids is 1. The number of amides is 1. The van der Waals surface area contributed by atoms with Gasteiger partial charge in [-0.05, 0) is 46.5 Å². The summed E-state index contributed by atoms with van der Waals surface area (Å²) in [5.41, 5.74) is 0.382. The second-order valence-corrected chi connectivity index (χ2v) is 5.31. The largest absolute Gasteiger partial charge is 0.480 e. The summed E-state index contributed by atoms with van der Waals surface area (Å²) in [6, 6.07) is 2.22. The average molecular weight is 333 g/mol. The number of rotatable bonds is 6. The van der Waals surface area contributed by atoms with Gasteiger partial charge in [-0.25, -0.2) is 9.78 Å². The Balaban J connectivity index is 2.69. The molecule has 0 saturated heterocycles. The van der Waals surface area contributed by atoms with Gasteiger partial charge in [-0.1, -0.05) is 0 Å². The number of carbonyl (C=O) groups is 2. The van der Waals surface area contributed by atoms with Gasteiger partial charge in [-0.2, -0.15) is 11.8 Å². The van der Waals surface area contributed by atoms with Crippen LogP contribution in [0.1, 0.15) is 16.8 Å². The van der Waals surface area contributed by atoms with E-state index in [9.17, 15) is 9.59 Å². The summed E-state index contributed by atoms with van der Waals surface area (Å²) in [6.45, 7) is 0.